The van der Waals surface area contributed by atoms with Gasteiger partial charge < -0.3 is 10.3 Å². The molecule has 1 aromatic heterocycles. The van der Waals surface area contributed by atoms with Crippen LogP contribution in [0.2, 0.25) is 0 Å². The molecule has 3 rings (SSSR count). The maximum atomic E-state index is 3.53. The summed E-state index contributed by atoms with van der Waals surface area (Å²) in [6.07, 6.45) is 2.26. The summed E-state index contributed by atoms with van der Waals surface area (Å²) in [7, 11) is 0. The van der Waals surface area contributed by atoms with Gasteiger partial charge in [-0.25, -0.2) is 0 Å². The van der Waals surface area contributed by atoms with Crippen molar-refractivity contribution in [2.75, 3.05) is 6.54 Å². The molecule has 2 aromatic rings. The van der Waals surface area contributed by atoms with Gasteiger partial charge in [0.15, 0.2) is 0 Å². The Morgan fingerprint density at radius 2 is 2.27 bits per heavy atom. The van der Waals surface area contributed by atoms with Gasteiger partial charge in [-0.1, -0.05) is 19.1 Å². The Bertz CT molecular complexity index is 496. The van der Waals surface area contributed by atoms with E-state index in [4.69, 9.17) is 0 Å². The van der Waals surface area contributed by atoms with Gasteiger partial charge in [0.1, 0.15) is 0 Å². The highest BCUT2D eigenvalue weighted by molar-refractivity contribution is 5.85. The van der Waals surface area contributed by atoms with E-state index < -0.39 is 0 Å². The molecule has 2 heteroatoms. The van der Waals surface area contributed by atoms with Crippen molar-refractivity contribution in [1.29, 1.82) is 0 Å². The zero-order valence-electron chi connectivity index (χ0n) is 9.06. The molecular weight excluding hydrogens is 184 g/mol. The molecule has 0 spiro atoms. The van der Waals surface area contributed by atoms with Crippen molar-refractivity contribution in [3.8, 4) is 0 Å². The molecule has 78 valence electrons. The molecule has 0 saturated heterocycles. The van der Waals surface area contributed by atoms with Crippen molar-refractivity contribution in [2.45, 2.75) is 26.3 Å². The molecule has 0 unspecified atom stereocenters. The third-order valence-corrected chi connectivity index (χ3v) is 3.32. The van der Waals surface area contributed by atoms with Gasteiger partial charge in [0, 0.05) is 23.1 Å². The molecule has 15 heavy (non-hydrogen) atoms. The number of hydrogen-bond donors (Lipinski definition) is 2. The number of rotatable bonds is 1. The van der Waals surface area contributed by atoms with Crippen LogP contribution < -0.4 is 5.32 Å². The molecule has 0 amide bonds. The second kappa shape index (κ2) is 3.38. The summed E-state index contributed by atoms with van der Waals surface area (Å²) in [6.45, 7) is 4.30. The molecule has 2 N–H and O–H groups in total. The Hall–Kier alpha value is -1.28. The second-order valence-electron chi connectivity index (χ2n) is 4.24. The quantitative estimate of drug-likeness (QED) is 0.726. The van der Waals surface area contributed by atoms with Crippen molar-refractivity contribution in [3.63, 3.8) is 0 Å². The van der Waals surface area contributed by atoms with Gasteiger partial charge in [-0.3, -0.25) is 0 Å². The van der Waals surface area contributed by atoms with Crippen LogP contribution in [0.3, 0.4) is 0 Å². The van der Waals surface area contributed by atoms with Gasteiger partial charge >= 0.3 is 0 Å². The number of H-pyrrole nitrogens is 1. The van der Waals surface area contributed by atoms with Crippen molar-refractivity contribution in [2.24, 2.45) is 0 Å². The number of aryl methyl sites for hydroxylation is 1. The number of aromatic amines is 1. The maximum Gasteiger partial charge on any atom is 0.0462 e. The number of fused-ring (bicyclic) bond motifs is 3. The van der Waals surface area contributed by atoms with Crippen molar-refractivity contribution in [3.05, 3.63) is 35.0 Å². The maximum absolute atomic E-state index is 3.53. The third-order valence-electron chi connectivity index (χ3n) is 3.32. The molecule has 0 saturated carbocycles. The number of hydrogen-bond acceptors (Lipinski definition) is 1. The van der Waals surface area contributed by atoms with Crippen molar-refractivity contribution < 1.29 is 0 Å². The summed E-state index contributed by atoms with van der Waals surface area (Å²) in [5.74, 6) is 0. The largest absolute Gasteiger partial charge is 0.357 e. The van der Waals surface area contributed by atoms with Crippen molar-refractivity contribution in [1.82, 2.24) is 10.3 Å². The highest BCUT2D eigenvalue weighted by atomic mass is 14.9. The summed E-state index contributed by atoms with van der Waals surface area (Å²) < 4.78 is 0. The van der Waals surface area contributed by atoms with E-state index in [1.54, 1.807) is 0 Å². The van der Waals surface area contributed by atoms with Crippen molar-refractivity contribution >= 4 is 10.9 Å². The lowest BCUT2D eigenvalue weighted by atomic mass is 10.0. The van der Waals surface area contributed by atoms with Gasteiger partial charge in [-0.15, -0.1) is 0 Å². The first-order chi connectivity index (χ1) is 7.38. The fraction of sp³-hybridized carbons (Fsp3) is 0.385. The predicted octanol–water partition coefficient (Wildman–Crippen LogP) is 2.38. The number of nitrogens with one attached hydrogen (secondary N) is 2. The first-order valence-corrected chi connectivity index (χ1v) is 5.71. The molecule has 0 atom stereocenters. The topological polar surface area (TPSA) is 27.8 Å². The van der Waals surface area contributed by atoms with Crippen LogP contribution in [-0.4, -0.2) is 11.5 Å². The minimum atomic E-state index is 0.992. The fourth-order valence-corrected chi connectivity index (χ4v) is 2.44. The molecule has 1 aliphatic rings. The molecule has 1 aliphatic heterocycles. The molecule has 0 aliphatic carbocycles. The van der Waals surface area contributed by atoms with E-state index in [9.17, 15) is 0 Å². The molecule has 0 fully saturated rings. The van der Waals surface area contributed by atoms with Crippen LogP contribution in [0.1, 0.15) is 23.7 Å². The lowest BCUT2D eigenvalue weighted by Crippen LogP contribution is -2.22. The van der Waals surface area contributed by atoms with Gasteiger partial charge in [0.2, 0.25) is 0 Å². The van der Waals surface area contributed by atoms with Crippen LogP contribution in [0, 0.1) is 0 Å². The van der Waals surface area contributed by atoms with Crippen LogP contribution in [-0.2, 0) is 19.4 Å². The van der Waals surface area contributed by atoms with E-state index in [0.29, 0.717) is 0 Å². The summed E-state index contributed by atoms with van der Waals surface area (Å²) in [5, 5.41) is 4.82. The predicted molar refractivity (Wildman–Crippen MR) is 63.1 cm³/mol. The van der Waals surface area contributed by atoms with E-state index in [1.165, 1.54) is 27.7 Å². The molecule has 0 bridgehead atoms. The van der Waals surface area contributed by atoms with E-state index in [0.717, 1.165) is 25.9 Å². The normalized spacial score (nSPS) is 15.5. The molecule has 0 radical (unpaired) electrons. The summed E-state index contributed by atoms with van der Waals surface area (Å²) in [6, 6.07) is 6.81. The third kappa shape index (κ3) is 1.37. The smallest absolute Gasteiger partial charge is 0.0462 e. The first kappa shape index (κ1) is 8.98. The second-order valence-corrected chi connectivity index (χ2v) is 4.24. The SMILES string of the molecule is CCc1ccc2c3c([nH]c2c1)CNCC3. The first-order valence-electron chi connectivity index (χ1n) is 5.71. The summed E-state index contributed by atoms with van der Waals surface area (Å²) >= 11 is 0. The van der Waals surface area contributed by atoms with Crippen LogP contribution in [0.25, 0.3) is 10.9 Å². The standard InChI is InChI=1S/C13H16N2/c1-2-9-3-4-10-11-5-6-14-8-13(11)15-12(10)7-9/h3-4,7,14-15H,2,5-6,8H2,1H3. The van der Waals surface area contributed by atoms with Crippen LogP contribution in [0.15, 0.2) is 18.2 Å². The number of aromatic nitrogens is 1. The zero-order chi connectivity index (χ0) is 10.3. The summed E-state index contributed by atoms with van der Waals surface area (Å²) in [4.78, 5) is 3.53. The van der Waals surface area contributed by atoms with E-state index >= 15 is 0 Å². The Morgan fingerprint density at radius 3 is 3.13 bits per heavy atom. The minimum Gasteiger partial charge on any atom is -0.357 e. The minimum absolute atomic E-state index is 0.992. The molecular formula is C13H16N2. The highest BCUT2D eigenvalue weighted by Crippen LogP contribution is 2.25. The Morgan fingerprint density at radius 1 is 1.33 bits per heavy atom. The zero-order valence-corrected chi connectivity index (χ0v) is 9.06. The average Bonchev–Trinajstić information content (AvgIpc) is 2.66. The van der Waals surface area contributed by atoms with Crippen LogP contribution >= 0.6 is 0 Å². The lowest BCUT2D eigenvalue weighted by molar-refractivity contribution is 0.637. The lowest BCUT2D eigenvalue weighted by Gasteiger charge is -2.12. The average molecular weight is 200 g/mol. The Kier molecular flexibility index (Phi) is 2.03. The Balaban J connectivity index is 2.22. The van der Waals surface area contributed by atoms with Gasteiger partial charge in [-0.2, -0.15) is 0 Å². The van der Waals surface area contributed by atoms with E-state index in [-0.39, 0.29) is 0 Å². The molecule has 1 aromatic carbocycles. The monoisotopic (exact) mass is 200 g/mol. The van der Waals surface area contributed by atoms with E-state index in [2.05, 4.69) is 35.4 Å². The highest BCUT2D eigenvalue weighted by Gasteiger charge is 2.14. The van der Waals surface area contributed by atoms with Crippen LogP contribution in [0.4, 0.5) is 0 Å². The van der Waals surface area contributed by atoms with Gasteiger partial charge in [-0.05, 0) is 36.6 Å². The molecule has 2 nitrogen and oxygen atoms in total. The van der Waals surface area contributed by atoms with Gasteiger partial charge in [0.25, 0.3) is 0 Å². The van der Waals surface area contributed by atoms with Crippen LogP contribution in [0.5, 0.6) is 0 Å². The summed E-state index contributed by atoms with van der Waals surface area (Å²) in [5.41, 5.74) is 5.62. The number of benzene rings is 1. The molecule has 2 heterocycles. The van der Waals surface area contributed by atoms with Gasteiger partial charge in [0.05, 0.1) is 0 Å². The van der Waals surface area contributed by atoms with E-state index in [1.807, 2.05) is 0 Å². The Labute approximate surface area is 89.7 Å². The fourth-order valence-electron chi connectivity index (χ4n) is 2.44.